The van der Waals surface area contributed by atoms with Gasteiger partial charge in [-0.2, -0.15) is 0 Å². The Morgan fingerprint density at radius 2 is 2.33 bits per heavy atom. The van der Waals surface area contributed by atoms with E-state index in [1.165, 1.54) is 0 Å². The SMILES string of the molecule is CC[n+]1cccnn1.[Cl-]. The lowest BCUT2D eigenvalue weighted by atomic mass is 10.7. The molecule has 1 rings (SSSR count). The van der Waals surface area contributed by atoms with E-state index in [9.17, 15) is 0 Å². The normalized spacial score (nSPS) is 8.11. The summed E-state index contributed by atoms with van der Waals surface area (Å²) in [7, 11) is 0. The summed E-state index contributed by atoms with van der Waals surface area (Å²) in [6.07, 6.45) is 3.54. The van der Waals surface area contributed by atoms with Crippen molar-refractivity contribution in [3.05, 3.63) is 18.5 Å². The minimum Gasteiger partial charge on any atom is -1.00 e. The zero-order valence-corrected chi connectivity index (χ0v) is 5.91. The highest BCUT2D eigenvalue weighted by Gasteiger charge is 1.88. The van der Waals surface area contributed by atoms with Crippen molar-refractivity contribution in [3.8, 4) is 0 Å². The molecule has 0 spiro atoms. The van der Waals surface area contributed by atoms with Gasteiger partial charge in [0.05, 0.1) is 5.10 Å². The third-order valence-electron chi connectivity index (χ3n) is 0.901. The van der Waals surface area contributed by atoms with Gasteiger partial charge in [-0.15, -0.1) is 4.68 Å². The molecule has 0 aliphatic rings. The largest absolute Gasteiger partial charge is 1.00 e. The maximum atomic E-state index is 3.76. The Hall–Kier alpha value is -0.700. The van der Waals surface area contributed by atoms with Crippen molar-refractivity contribution < 1.29 is 17.1 Å². The van der Waals surface area contributed by atoms with Crippen LogP contribution in [0.25, 0.3) is 0 Å². The second-order valence-electron chi connectivity index (χ2n) is 1.45. The maximum absolute atomic E-state index is 3.76. The fourth-order valence-corrected chi connectivity index (χ4v) is 0.471. The monoisotopic (exact) mass is 145 g/mol. The molecule has 1 aromatic rings. The van der Waals surface area contributed by atoms with Crippen LogP contribution in [0.4, 0.5) is 0 Å². The van der Waals surface area contributed by atoms with E-state index in [2.05, 4.69) is 10.3 Å². The van der Waals surface area contributed by atoms with Gasteiger partial charge in [-0.3, -0.25) is 0 Å². The highest BCUT2D eigenvalue weighted by molar-refractivity contribution is 4.65. The van der Waals surface area contributed by atoms with Gasteiger partial charge in [-0.1, -0.05) is 0 Å². The lowest BCUT2D eigenvalue weighted by Gasteiger charge is -1.82. The molecule has 0 saturated heterocycles. The van der Waals surface area contributed by atoms with Crippen LogP contribution in [0, 0.1) is 0 Å². The van der Waals surface area contributed by atoms with Crippen molar-refractivity contribution in [2.45, 2.75) is 13.5 Å². The summed E-state index contributed by atoms with van der Waals surface area (Å²) in [4.78, 5) is 0. The number of halogens is 1. The standard InChI is InChI=1S/C5H8N3.ClH/c1-2-8-5-3-4-6-7-8;/h3-5H,2H2,1H3;1H/q+1;/p-1. The van der Waals surface area contributed by atoms with Gasteiger partial charge in [0.15, 0.2) is 6.20 Å². The summed E-state index contributed by atoms with van der Waals surface area (Å²) in [5, 5.41) is 7.43. The Bertz CT molecular complexity index is 154. The number of aryl methyl sites for hydroxylation is 1. The summed E-state index contributed by atoms with van der Waals surface area (Å²) in [6.45, 7) is 2.91. The Kier molecular flexibility index (Phi) is 3.88. The number of hydrogen-bond donors (Lipinski definition) is 0. The van der Waals surface area contributed by atoms with Gasteiger partial charge in [-0.05, 0) is 6.92 Å². The van der Waals surface area contributed by atoms with E-state index in [1.54, 1.807) is 10.9 Å². The molecule has 0 aromatic carbocycles. The van der Waals surface area contributed by atoms with Gasteiger partial charge >= 0.3 is 0 Å². The fourth-order valence-electron chi connectivity index (χ4n) is 0.471. The summed E-state index contributed by atoms with van der Waals surface area (Å²) >= 11 is 0. The molecule has 0 saturated carbocycles. The topological polar surface area (TPSA) is 29.7 Å². The van der Waals surface area contributed by atoms with E-state index in [0.717, 1.165) is 6.54 Å². The van der Waals surface area contributed by atoms with Gasteiger partial charge in [0, 0.05) is 6.07 Å². The molecule has 9 heavy (non-hydrogen) atoms. The van der Waals surface area contributed by atoms with E-state index >= 15 is 0 Å². The molecule has 1 heterocycles. The zero-order chi connectivity index (χ0) is 5.82. The van der Waals surface area contributed by atoms with E-state index in [1.807, 2.05) is 19.2 Å². The molecule has 0 bridgehead atoms. The van der Waals surface area contributed by atoms with Crippen molar-refractivity contribution >= 4 is 0 Å². The minimum atomic E-state index is 0. The summed E-state index contributed by atoms with van der Waals surface area (Å²) < 4.78 is 1.76. The number of hydrogen-bond acceptors (Lipinski definition) is 2. The highest BCUT2D eigenvalue weighted by atomic mass is 35.5. The fraction of sp³-hybridized carbons (Fsp3) is 0.400. The average Bonchev–Trinajstić information content (AvgIpc) is 1.90. The van der Waals surface area contributed by atoms with Gasteiger partial charge < -0.3 is 12.4 Å². The molecule has 0 N–H and O–H groups in total. The van der Waals surface area contributed by atoms with Gasteiger partial charge in [0.1, 0.15) is 18.0 Å². The molecule has 0 unspecified atom stereocenters. The molecule has 3 nitrogen and oxygen atoms in total. The first-order valence-electron chi connectivity index (χ1n) is 2.61. The molecular formula is C5H8ClN3. The van der Waals surface area contributed by atoms with Gasteiger partial charge in [0.25, 0.3) is 0 Å². The summed E-state index contributed by atoms with van der Waals surface area (Å²) in [5.74, 6) is 0. The molecule has 0 amide bonds. The van der Waals surface area contributed by atoms with Gasteiger partial charge in [-0.25, -0.2) is 0 Å². The quantitative estimate of drug-likeness (QED) is 0.390. The molecule has 0 aliphatic heterocycles. The first-order chi connectivity index (χ1) is 3.93. The van der Waals surface area contributed by atoms with E-state index in [-0.39, 0.29) is 12.4 Å². The molecule has 0 fully saturated rings. The third-order valence-corrected chi connectivity index (χ3v) is 0.901. The second kappa shape index (κ2) is 4.21. The van der Waals surface area contributed by atoms with E-state index < -0.39 is 0 Å². The van der Waals surface area contributed by atoms with Crippen LogP contribution in [0.3, 0.4) is 0 Å². The summed E-state index contributed by atoms with van der Waals surface area (Å²) in [6, 6.07) is 1.86. The molecule has 0 atom stereocenters. The average molecular weight is 146 g/mol. The van der Waals surface area contributed by atoms with Crippen LogP contribution in [0.2, 0.25) is 0 Å². The van der Waals surface area contributed by atoms with Gasteiger partial charge in [0.2, 0.25) is 0 Å². The van der Waals surface area contributed by atoms with E-state index in [0.29, 0.717) is 0 Å². The zero-order valence-electron chi connectivity index (χ0n) is 5.16. The Labute approximate surface area is 60.1 Å². The van der Waals surface area contributed by atoms with Crippen LogP contribution in [-0.2, 0) is 6.54 Å². The number of rotatable bonds is 1. The maximum Gasteiger partial charge on any atom is 0.171 e. The minimum absolute atomic E-state index is 0. The van der Waals surface area contributed by atoms with Crippen molar-refractivity contribution in [1.82, 2.24) is 10.3 Å². The second-order valence-corrected chi connectivity index (χ2v) is 1.45. The van der Waals surface area contributed by atoms with Crippen LogP contribution < -0.4 is 17.1 Å². The smallest absolute Gasteiger partial charge is 0.171 e. The predicted octanol–water partition coefficient (Wildman–Crippen LogP) is -3.21. The predicted molar refractivity (Wildman–Crippen MR) is 27.9 cm³/mol. The first kappa shape index (κ1) is 8.30. The van der Waals surface area contributed by atoms with Crippen LogP contribution in [0.5, 0.6) is 0 Å². The number of aromatic nitrogens is 3. The van der Waals surface area contributed by atoms with Crippen LogP contribution in [0.15, 0.2) is 18.5 Å². The number of nitrogens with zero attached hydrogens (tertiary/aromatic N) is 3. The third kappa shape index (κ3) is 2.37. The van der Waals surface area contributed by atoms with Crippen LogP contribution in [-0.4, -0.2) is 10.3 Å². The molecule has 0 radical (unpaired) electrons. The van der Waals surface area contributed by atoms with Crippen LogP contribution >= 0.6 is 0 Å². The van der Waals surface area contributed by atoms with Crippen LogP contribution in [0.1, 0.15) is 6.92 Å². The Morgan fingerprint density at radius 3 is 2.67 bits per heavy atom. The summed E-state index contributed by atoms with van der Waals surface area (Å²) in [5.41, 5.74) is 0. The van der Waals surface area contributed by atoms with Crippen molar-refractivity contribution in [2.24, 2.45) is 0 Å². The Balaban J connectivity index is 0.000000640. The van der Waals surface area contributed by atoms with E-state index in [4.69, 9.17) is 0 Å². The molecule has 4 heteroatoms. The van der Waals surface area contributed by atoms with Crippen molar-refractivity contribution in [1.29, 1.82) is 0 Å². The first-order valence-corrected chi connectivity index (χ1v) is 2.61. The van der Waals surface area contributed by atoms with Crippen molar-refractivity contribution in [3.63, 3.8) is 0 Å². The lowest BCUT2D eigenvalue weighted by Crippen LogP contribution is -3.00. The Morgan fingerprint density at radius 1 is 1.56 bits per heavy atom. The lowest BCUT2D eigenvalue weighted by molar-refractivity contribution is -0.756. The molecular weight excluding hydrogens is 138 g/mol. The molecule has 50 valence electrons. The highest BCUT2D eigenvalue weighted by Crippen LogP contribution is 1.64. The molecule has 0 aliphatic carbocycles. The molecule has 1 aromatic heterocycles. The van der Waals surface area contributed by atoms with Crippen molar-refractivity contribution in [2.75, 3.05) is 0 Å².